The van der Waals surface area contributed by atoms with Crippen molar-refractivity contribution in [3.63, 3.8) is 0 Å². The van der Waals surface area contributed by atoms with Crippen molar-refractivity contribution in [3.8, 4) is 11.3 Å². The number of carboxylic acid groups (broad SMARTS) is 1. The number of nitrogens with zero attached hydrogens (tertiary/aromatic N) is 1. The van der Waals surface area contributed by atoms with Crippen LogP contribution in [0.3, 0.4) is 0 Å². The SMILES string of the molecule is Cc1noc(-c2ccc(N)cc2)c1CCC(=O)O. The first-order valence-electron chi connectivity index (χ1n) is 5.61. The maximum Gasteiger partial charge on any atom is 0.303 e. The maximum absolute atomic E-state index is 10.6. The van der Waals surface area contributed by atoms with Crippen LogP contribution in [0.5, 0.6) is 0 Å². The summed E-state index contributed by atoms with van der Waals surface area (Å²) >= 11 is 0. The van der Waals surface area contributed by atoms with E-state index in [1.165, 1.54) is 0 Å². The summed E-state index contributed by atoms with van der Waals surface area (Å²) in [6.07, 6.45) is 0.467. The Hall–Kier alpha value is -2.30. The molecule has 1 aromatic heterocycles. The van der Waals surface area contributed by atoms with Crippen molar-refractivity contribution >= 4 is 11.7 Å². The van der Waals surface area contributed by atoms with Crippen molar-refractivity contribution in [1.82, 2.24) is 5.16 Å². The zero-order valence-corrected chi connectivity index (χ0v) is 10.0. The molecule has 0 atom stereocenters. The lowest BCUT2D eigenvalue weighted by Gasteiger charge is -2.01. The summed E-state index contributed by atoms with van der Waals surface area (Å²) in [4.78, 5) is 10.6. The molecule has 0 fully saturated rings. The number of rotatable bonds is 4. The molecule has 5 heteroatoms. The van der Waals surface area contributed by atoms with Crippen molar-refractivity contribution in [2.24, 2.45) is 0 Å². The third kappa shape index (κ3) is 2.51. The molecule has 0 bridgehead atoms. The number of carbonyl (C=O) groups is 1. The molecule has 0 aliphatic rings. The maximum atomic E-state index is 10.6. The fourth-order valence-electron chi connectivity index (χ4n) is 1.78. The molecular weight excluding hydrogens is 232 g/mol. The number of nitrogen functional groups attached to an aromatic ring is 1. The summed E-state index contributed by atoms with van der Waals surface area (Å²) in [6, 6.07) is 7.21. The molecule has 0 spiro atoms. The summed E-state index contributed by atoms with van der Waals surface area (Å²) in [7, 11) is 0. The molecule has 18 heavy (non-hydrogen) atoms. The molecule has 3 N–H and O–H groups in total. The monoisotopic (exact) mass is 246 g/mol. The predicted octanol–water partition coefficient (Wildman–Crippen LogP) is 2.25. The smallest absolute Gasteiger partial charge is 0.303 e. The average molecular weight is 246 g/mol. The van der Waals surface area contributed by atoms with E-state index in [1.807, 2.05) is 19.1 Å². The quantitative estimate of drug-likeness (QED) is 0.807. The molecule has 0 amide bonds. The molecule has 0 unspecified atom stereocenters. The van der Waals surface area contributed by atoms with Gasteiger partial charge < -0.3 is 15.4 Å². The molecule has 1 aromatic carbocycles. The highest BCUT2D eigenvalue weighted by atomic mass is 16.5. The van der Waals surface area contributed by atoms with Gasteiger partial charge in [0.2, 0.25) is 0 Å². The van der Waals surface area contributed by atoms with Crippen molar-refractivity contribution in [2.45, 2.75) is 19.8 Å². The molecule has 0 aliphatic heterocycles. The highest BCUT2D eigenvalue weighted by Gasteiger charge is 2.15. The van der Waals surface area contributed by atoms with Gasteiger partial charge in [-0.3, -0.25) is 4.79 Å². The molecule has 0 radical (unpaired) electrons. The zero-order chi connectivity index (χ0) is 13.1. The number of aryl methyl sites for hydroxylation is 1. The number of nitrogens with two attached hydrogens (primary N) is 1. The Morgan fingerprint density at radius 3 is 2.67 bits per heavy atom. The molecular formula is C13H14N2O3. The Balaban J connectivity index is 2.33. The predicted molar refractivity (Wildman–Crippen MR) is 67.0 cm³/mol. The largest absolute Gasteiger partial charge is 0.481 e. The van der Waals surface area contributed by atoms with Crippen molar-refractivity contribution in [3.05, 3.63) is 35.5 Å². The molecule has 94 valence electrons. The first kappa shape index (κ1) is 12.2. The lowest BCUT2D eigenvalue weighted by Crippen LogP contribution is -1.99. The third-order valence-corrected chi connectivity index (χ3v) is 2.75. The minimum atomic E-state index is -0.834. The van der Waals surface area contributed by atoms with Crippen molar-refractivity contribution in [1.29, 1.82) is 0 Å². The lowest BCUT2D eigenvalue weighted by molar-refractivity contribution is -0.136. The van der Waals surface area contributed by atoms with Gasteiger partial charge in [-0.15, -0.1) is 0 Å². The Kier molecular flexibility index (Phi) is 3.32. The Bertz CT molecular complexity index is 558. The molecule has 0 saturated carbocycles. The van der Waals surface area contributed by atoms with Crippen LogP contribution in [-0.2, 0) is 11.2 Å². The van der Waals surface area contributed by atoms with E-state index in [2.05, 4.69) is 5.16 Å². The van der Waals surface area contributed by atoms with Gasteiger partial charge in [-0.05, 0) is 37.6 Å². The summed E-state index contributed by atoms with van der Waals surface area (Å²) < 4.78 is 5.27. The second-order valence-corrected chi connectivity index (χ2v) is 4.09. The first-order chi connectivity index (χ1) is 8.58. The molecule has 0 saturated heterocycles. The number of carboxylic acids is 1. The van der Waals surface area contributed by atoms with Crippen molar-refractivity contribution in [2.75, 3.05) is 5.73 Å². The van der Waals surface area contributed by atoms with E-state index in [0.717, 1.165) is 16.8 Å². The molecule has 5 nitrogen and oxygen atoms in total. The number of benzene rings is 1. The third-order valence-electron chi connectivity index (χ3n) is 2.75. The molecule has 2 rings (SSSR count). The van der Waals surface area contributed by atoms with Crippen LogP contribution in [0.4, 0.5) is 5.69 Å². The topological polar surface area (TPSA) is 89.4 Å². The summed E-state index contributed by atoms with van der Waals surface area (Å²) in [5, 5.41) is 12.6. The van der Waals surface area contributed by atoms with Gasteiger partial charge in [0.15, 0.2) is 5.76 Å². The fraction of sp³-hybridized carbons (Fsp3) is 0.231. The summed E-state index contributed by atoms with van der Waals surface area (Å²) in [5.74, 6) is -0.215. The summed E-state index contributed by atoms with van der Waals surface area (Å²) in [5.41, 5.74) is 8.70. The number of aromatic nitrogens is 1. The van der Waals surface area contributed by atoms with Gasteiger partial charge in [0, 0.05) is 23.2 Å². The van der Waals surface area contributed by atoms with E-state index in [1.54, 1.807) is 12.1 Å². The molecule has 0 aliphatic carbocycles. The summed E-state index contributed by atoms with van der Waals surface area (Å²) in [6.45, 7) is 1.81. The van der Waals surface area contributed by atoms with Crippen LogP contribution >= 0.6 is 0 Å². The van der Waals surface area contributed by atoms with E-state index in [9.17, 15) is 4.79 Å². The molecule has 2 aromatic rings. The average Bonchev–Trinajstić information content (AvgIpc) is 2.69. The van der Waals surface area contributed by atoms with E-state index in [0.29, 0.717) is 17.9 Å². The second kappa shape index (κ2) is 4.91. The Morgan fingerprint density at radius 2 is 2.06 bits per heavy atom. The van der Waals surface area contributed by atoms with Gasteiger partial charge in [0.25, 0.3) is 0 Å². The van der Waals surface area contributed by atoms with Crippen LogP contribution in [-0.4, -0.2) is 16.2 Å². The number of hydrogen-bond acceptors (Lipinski definition) is 4. The van der Waals surface area contributed by atoms with Gasteiger partial charge >= 0.3 is 5.97 Å². The van der Waals surface area contributed by atoms with Crippen LogP contribution in [0, 0.1) is 6.92 Å². The van der Waals surface area contributed by atoms with Crippen LogP contribution in [0.15, 0.2) is 28.8 Å². The van der Waals surface area contributed by atoms with Gasteiger partial charge in [-0.2, -0.15) is 0 Å². The van der Waals surface area contributed by atoms with Gasteiger partial charge in [-0.1, -0.05) is 5.16 Å². The van der Waals surface area contributed by atoms with E-state index < -0.39 is 5.97 Å². The van der Waals surface area contributed by atoms with Crippen LogP contribution in [0.2, 0.25) is 0 Å². The standard InChI is InChI=1S/C13H14N2O3/c1-8-11(6-7-12(16)17)13(18-15-8)9-2-4-10(14)5-3-9/h2-5H,6-7,14H2,1H3,(H,16,17). The highest BCUT2D eigenvalue weighted by Crippen LogP contribution is 2.27. The van der Waals surface area contributed by atoms with Gasteiger partial charge in [0.05, 0.1) is 5.69 Å². The zero-order valence-electron chi connectivity index (χ0n) is 10.0. The van der Waals surface area contributed by atoms with Crippen LogP contribution in [0.1, 0.15) is 17.7 Å². The lowest BCUT2D eigenvalue weighted by atomic mass is 10.0. The number of hydrogen-bond donors (Lipinski definition) is 2. The van der Waals surface area contributed by atoms with Crippen LogP contribution < -0.4 is 5.73 Å². The van der Waals surface area contributed by atoms with E-state index in [-0.39, 0.29) is 6.42 Å². The van der Waals surface area contributed by atoms with Gasteiger partial charge in [0.1, 0.15) is 0 Å². The Labute approximate surface area is 104 Å². The van der Waals surface area contributed by atoms with Crippen molar-refractivity contribution < 1.29 is 14.4 Å². The van der Waals surface area contributed by atoms with Gasteiger partial charge in [-0.25, -0.2) is 0 Å². The minimum Gasteiger partial charge on any atom is -0.481 e. The minimum absolute atomic E-state index is 0.0595. The fourth-order valence-corrected chi connectivity index (χ4v) is 1.78. The molecule has 1 heterocycles. The number of anilines is 1. The normalized spacial score (nSPS) is 10.5. The second-order valence-electron chi connectivity index (χ2n) is 4.09. The van der Waals surface area contributed by atoms with Crippen LogP contribution in [0.25, 0.3) is 11.3 Å². The highest BCUT2D eigenvalue weighted by molar-refractivity contribution is 5.69. The number of aliphatic carboxylic acids is 1. The van der Waals surface area contributed by atoms with E-state index in [4.69, 9.17) is 15.4 Å². The van der Waals surface area contributed by atoms with E-state index >= 15 is 0 Å². The first-order valence-corrected chi connectivity index (χ1v) is 5.61. The Morgan fingerprint density at radius 1 is 1.39 bits per heavy atom.